The molecule has 0 fully saturated rings. The molecule has 1 atom stereocenters. The highest BCUT2D eigenvalue weighted by atomic mass is 79.9. The Hall–Kier alpha value is -2.39. The van der Waals surface area contributed by atoms with E-state index in [-0.39, 0.29) is 24.3 Å². The SMILES string of the molecule is CCc1cccc(OCC(O)Cn2c(Br)nc3c2c(=O)[nH]c(=O)n3C)c1. The van der Waals surface area contributed by atoms with E-state index in [9.17, 15) is 14.7 Å². The second-order valence-corrected chi connectivity index (χ2v) is 6.66. The minimum absolute atomic E-state index is 0.0585. The van der Waals surface area contributed by atoms with E-state index in [0.717, 1.165) is 12.0 Å². The summed E-state index contributed by atoms with van der Waals surface area (Å²) in [6.07, 6.45) is 0.0282. The Morgan fingerprint density at radius 1 is 1.38 bits per heavy atom. The van der Waals surface area contributed by atoms with Gasteiger partial charge in [0.25, 0.3) is 5.56 Å². The van der Waals surface area contributed by atoms with Crippen molar-refractivity contribution in [2.75, 3.05) is 6.61 Å². The minimum atomic E-state index is -0.870. The van der Waals surface area contributed by atoms with Crippen molar-refractivity contribution in [2.45, 2.75) is 26.0 Å². The molecule has 138 valence electrons. The number of hydrogen-bond donors (Lipinski definition) is 2. The second kappa shape index (κ2) is 7.46. The van der Waals surface area contributed by atoms with Crippen molar-refractivity contribution >= 4 is 27.1 Å². The third kappa shape index (κ3) is 3.58. The first kappa shape index (κ1) is 18.4. The number of fused-ring (bicyclic) bond motifs is 1. The molecule has 0 aliphatic rings. The number of H-pyrrole nitrogens is 1. The Morgan fingerprint density at radius 3 is 2.88 bits per heavy atom. The third-order valence-electron chi connectivity index (χ3n) is 4.10. The fourth-order valence-electron chi connectivity index (χ4n) is 2.69. The average molecular weight is 423 g/mol. The van der Waals surface area contributed by atoms with Crippen molar-refractivity contribution in [3.63, 3.8) is 0 Å². The van der Waals surface area contributed by atoms with Gasteiger partial charge >= 0.3 is 5.69 Å². The topological polar surface area (TPSA) is 102 Å². The number of aliphatic hydroxyl groups excluding tert-OH is 1. The highest BCUT2D eigenvalue weighted by molar-refractivity contribution is 9.10. The van der Waals surface area contributed by atoms with Gasteiger partial charge in [-0.25, -0.2) is 9.78 Å². The third-order valence-corrected chi connectivity index (χ3v) is 4.71. The number of nitrogens with one attached hydrogen (secondary N) is 1. The number of rotatable bonds is 6. The minimum Gasteiger partial charge on any atom is -0.491 e. The lowest BCUT2D eigenvalue weighted by molar-refractivity contribution is 0.0928. The highest BCUT2D eigenvalue weighted by Crippen LogP contribution is 2.18. The molecule has 3 aromatic rings. The maximum absolute atomic E-state index is 12.2. The van der Waals surface area contributed by atoms with E-state index < -0.39 is 17.4 Å². The summed E-state index contributed by atoms with van der Waals surface area (Å²) in [4.78, 5) is 30.3. The molecule has 26 heavy (non-hydrogen) atoms. The van der Waals surface area contributed by atoms with Crippen LogP contribution in [0, 0.1) is 0 Å². The lowest BCUT2D eigenvalue weighted by atomic mass is 10.2. The summed E-state index contributed by atoms with van der Waals surface area (Å²) in [5.41, 5.74) is 0.512. The Labute approximate surface area is 157 Å². The van der Waals surface area contributed by atoms with Crippen LogP contribution in [0.15, 0.2) is 38.6 Å². The van der Waals surface area contributed by atoms with Crippen LogP contribution in [0.25, 0.3) is 11.2 Å². The molecule has 0 saturated carbocycles. The predicted molar refractivity (Wildman–Crippen MR) is 101 cm³/mol. The molecule has 0 saturated heterocycles. The maximum Gasteiger partial charge on any atom is 0.329 e. The summed E-state index contributed by atoms with van der Waals surface area (Å²) in [5.74, 6) is 0.679. The van der Waals surface area contributed by atoms with Gasteiger partial charge < -0.3 is 14.4 Å². The summed E-state index contributed by atoms with van der Waals surface area (Å²) in [6.45, 7) is 2.20. The van der Waals surface area contributed by atoms with E-state index in [4.69, 9.17) is 4.74 Å². The Bertz CT molecular complexity index is 1050. The van der Waals surface area contributed by atoms with Crippen LogP contribution in [-0.4, -0.2) is 36.9 Å². The Kier molecular flexibility index (Phi) is 5.28. The summed E-state index contributed by atoms with van der Waals surface area (Å²) in [5, 5.41) is 10.3. The average Bonchev–Trinajstić information content (AvgIpc) is 2.95. The number of benzene rings is 1. The molecule has 2 heterocycles. The first-order chi connectivity index (χ1) is 12.4. The van der Waals surface area contributed by atoms with Crippen LogP contribution >= 0.6 is 15.9 Å². The zero-order valence-electron chi connectivity index (χ0n) is 14.4. The lowest BCUT2D eigenvalue weighted by Crippen LogP contribution is -2.30. The molecule has 9 heteroatoms. The first-order valence-electron chi connectivity index (χ1n) is 8.15. The molecule has 1 aromatic carbocycles. The quantitative estimate of drug-likeness (QED) is 0.580. The van der Waals surface area contributed by atoms with Crippen LogP contribution in [0.4, 0.5) is 0 Å². The van der Waals surface area contributed by atoms with Gasteiger partial charge in [-0.1, -0.05) is 19.1 Å². The molecular weight excluding hydrogens is 404 g/mol. The standard InChI is InChI=1S/C17H19BrN4O4/c1-3-10-5-4-6-12(7-10)26-9-11(23)8-22-13-14(19-16(22)18)21(2)17(25)20-15(13)24/h4-7,11,23H,3,8-9H2,1-2H3,(H,20,24,25). The molecule has 8 nitrogen and oxygen atoms in total. The number of imidazole rings is 1. The van der Waals surface area contributed by atoms with E-state index >= 15 is 0 Å². The Morgan fingerprint density at radius 2 is 2.15 bits per heavy atom. The van der Waals surface area contributed by atoms with Crippen LogP contribution < -0.4 is 16.0 Å². The second-order valence-electron chi connectivity index (χ2n) is 5.95. The van der Waals surface area contributed by atoms with Gasteiger partial charge in [-0.2, -0.15) is 0 Å². The maximum atomic E-state index is 12.2. The first-order valence-corrected chi connectivity index (χ1v) is 8.94. The number of aliphatic hydroxyl groups is 1. The molecule has 2 aromatic heterocycles. The van der Waals surface area contributed by atoms with E-state index in [1.165, 1.54) is 16.2 Å². The van der Waals surface area contributed by atoms with Crippen molar-refractivity contribution in [3.05, 3.63) is 55.4 Å². The van der Waals surface area contributed by atoms with Crippen LogP contribution in [-0.2, 0) is 20.0 Å². The van der Waals surface area contributed by atoms with Crippen LogP contribution in [0.5, 0.6) is 5.75 Å². The van der Waals surface area contributed by atoms with E-state index in [1.54, 1.807) is 0 Å². The number of aryl methyl sites for hydroxylation is 2. The zero-order chi connectivity index (χ0) is 18.8. The summed E-state index contributed by atoms with van der Waals surface area (Å²) in [6, 6.07) is 7.67. The Balaban J connectivity index is 1.80. The van der Waals surface area contributed by atoms with Gasteiger partial charge in [0, 0.05) is 7.05 Å². The normalized spacial score (nSPS) is 12.5. The van der Waals surface area contributed by atoms with Crippen molar-refractivity contribution in [2.24, 2.45) is 7.05 Å². The lowest BCUT2D eigenvalue weighted by Gasteiger charge is -2.14. The van der Waals surface area contributed by atoms with Crippen molar-refractivity contribution < 1.29 is 9.84 Å². The van der Waals surface area contributed by atoms with Gasteiger partial charge in [-0.3, -0.25) is 14.3 Å². The molecule has 0 aliphatic carbocycles. The molecule has 0 spiro atoms. The summed E-state index contributed by atoms with van der Waals surface area (Å²) < 4.78 is 8.76. The molecule has 0 radical (unpaired) electrons. The monoisotopic (exact) mass is 422 g/mol. The van der Waals surface area contributed by atoms with Gasteiger partial charge in [-0.15, -0.1) is 0 Å². The number of aromatic nitrogens is 4. The molecule has 0 bridgehead atoms. The molecule has 1 unspecified atom stereocenters. The zero-order valence-corrected chi connectivity index (χ0v) is 16.0. The van der Waals surface area contributed by atoms with Gasteiger partial charge in [0.2, 0.25) is 0 Å². The van der Waals surface area contributed by atoms with Crippen molar-refractivity contribution in [1.82, 2.24) is 19.1 Å². The summed E-state index contributed by atoms with van der Waals surface area (Å²) >= 11 is 3.28. The molecule has 3 rings (SSSR count). The van der Waals surface area contributed by atoms with E-state index in [1.807, 2.05) is 24.3 Å². The molecule has 2 N–H and O–H groups in total. The number of nitrogens with zero attached hydrogens (tertiary/aromatic N) is 3. The fraction of sp³-hybridized carbons (Fsp3) is 0.353. The van der Waals surface area contributed by atoms with Gasteiger partial charge in [0.1, 0.15) is 18.5 Å². The van der Waals surface area contributed by atoms with Gasteiger partial charge in [-0.05, 0) is 40.0 Å². The van der Waals surface area contributed by atoms with E-state index in [0.29, 0.717) is 10.5 Å². The highest BCUT2D eigenvalue weighted by Gasteiger charge is 2.18. The number of hydrogen-bond acceptors (Lipinski definition) is 5. The van der Waals surface area contributed by atoms with Crippen molar-refractivity contribution in [1.29, 1.82) is 0 Å². The number of aromatic amines is 1. The number of ether oxygens (including phenoxy) is 1. The van der Waals surface area contributed by atoms with Crippen LogP contribution in [0.1, 0.15) is 12.5 Å². The van der Waals surface area contributed by atoms with Gasteiger partial charge in [0.15, 0.2) is 15.9 Å². The smallest absolute Gasteiger partial charge is 0.329 e. The van der Waals surface area contributed by atoms with Crippen LogP contribution in [0.2, 0.25) is 0 Å². The van der Waals surface area contributed by atoms with Crippen molar-refractivity contribution in [3.8, 4) is 5.75 Å². The predicted octanol–water partition coefficient (Wildman–Crippen LogP) is 1.19. The fourth-order valence-corrected chi connectivity index (χ4v) is 3.18. The number of halogens is 1. The molecular formula is C17H19BrN4O4. The van der Waals surface area contributed by atoms with Crippen LogP contribution in [0.3, 0.4) is 0 Å². The molecule has 0 aliphatic heterocycles. The largest absolute Gasteiger partial charge is 0.491 e. The van der Waals surface area contributed by atoms with Gasteiger partial charge in [0.05, 0.1) is 6.54 Å². The molecule has 0 amide bonds. The van der Waals surface area contributed by atoms with E-state index in [2.05, 4.69) is 32.8 Å². The summed E-state index contributed by atoms with van der Waals surface area (Å²) in [7, 11) is 1.52.